The maximum absolute atomic E-state index is 8.38. The van der Waals surface area contributed by atoms with E-state index in [0.717, 1.165) is 6.42 Å². The number of hydrogen-bond donors (Lipinski definition) is 3. The highest BCUT2D eigenvalue weighted by atomic mass is 16.3. The zero-order valence-corrected chi connectivity index (χ0v) is 4.93. The summed E-state index contributed by atoms with van der Waals surface area (Å²) < 4.78 is 13.7. The molecule has 0 spiro atoms. The van der Waals surface area contributed by atoms with Crippen molar-refractivity contribution in [3.05, 3.63) is 0 Å². The molecule has 50 valence electrons. The first-order chi connectivity index (χ1) is 4.81. The summed E-state index contributed by atoms with van der Waals surface area (Å²) in [6.07, 6.45) is 0.771. The van der Waals surface area contributed by atoms with E-state index < -0.39 is 0 Å². The molecule has 0 saturated carbocycles. The molecule has 0 aromatic heterocycles. The van der Waals surface area contributed by atoms with Gasteiger partial charge in [-0.2, -0.15) is 0 Å². The highest BCUT2D eigenvalue weighted by Gasteiger charge is 1.81. The molecule has 0 aromatic carbocycles. The van der Waals surface area contributed by atoms with Gasteiger partial charge in [-0.3, -0.25) is 0 Å². The summed E-state index contributed by atoms with van der Waals surface area (Å²) in [4.78, 5) is 0. The van der Waals surface area contributed by atoms with E-state index in [-0.39, 0.29) is 6.61 Å². The largest absolute Gasteiger partial charge is 0.395 e. The van der Waals surface area contributed by atoms with Crippen molar-refractivity contribution in [1.29, 1.82) is 0 Å². The monoisotopic (exact) mass is 120 g/mol. The highest BCUT2D eigenvalue weighted by Crippen LogP contribution is 1.66. The fraction of sp³-hybridized carbons (Fsp3) is 1.00. The third-order valence-electron chi connectivity index (χ3n) is 0.751. The summed E-state index contributed by atoms with van der Waals surface area (Å²) in [7, 11) is 0. The number of aliphatic hydroxyl groups is 1. The molecule has 8 heavy (non-hydrogen) atoms. The van der Waals surface area contributed by atoms with Gasteiger partial charge in [-0.1, -0.05) is 0 Å². The molecule has 0 radical (unpaired) electrons. The average molecular weight is 120 g/mol. The second-order valence-electron chi connectivity index (χ2n) is 1.50. The summed E-state index contributed by atoms with van der Waals surface area (Å²) in [5.74, 6) is 0. The molecule has 3 heteroatoms. The Morgan fingerprint density at radius 3 is 3.25 bits per heavy atom. The van der Waals surface area contributed by atoms with Crippen LogP contribution in [0.1, 0.15) is 6.42 Å². The summed E-state index contributed by atoms with van der Waals surface area (Å²) in [6.45, 7) is 1.61. The Hall–Kier alpha value is -0.120. The van der Waals surface area contributed by atoms with Crippen LogP contribution in [0.15, 0.2) is 0 Å². The van der Waals surface area contributed by atoms with E-state index in [1.807, 2.05) is 0 Å². The normalized spacial score (nSPS) is 13.8. The molecule has 0 aliphatic carbocycles. The van der Waals surface area contributed by atoms with Gasteiger partial charge in [0.1, 0.15) is 2.82 Å². The van der Waals surface area contributed by atoms with E-state index in [9.17, 15) is 0 Å². The van der Waals surface area contributed by atoms with Crippen LogP contribution in [-0.4, -0.2) is 31.3 Å². The first kappa shape index (κ1) is 4.73. The van der Waals surface area contributed by atoms with Gasteiger partial charge in [0.2, 0.25) is 0 Å². The molecule has 0 heterocycles. The Kier molecular flexibility index (Phi) is 4.07. The molecule has 0 bridgehead atoms. The van der Waals surface area contributed by atoms with E-state index in [4.69, 9.17) is 7.93 Å². The van der Waals surface area contributed by atoms with Crippen LogP contribution in [0.3, 0.4) is 0 Å². The van der Waals surface area contributed by atoms with Gasteiger partial charge in [0.05, 0.1) is 6.61 Å². The van der Waals surface area contributed by atoms with Gasteiger partial charge < -0.3 is 16.1 Å². The van der Waals surface area contributed by atoms with Crippen LogP contribution in [0.5, 0.6) is 0 Å². The molecule has 0 fully saturated rings. The van der Waals surface area contributed by atoms with Crippen LogP contribution >= 0.6 is 0 Å². The Morgan fingerprint density at radius 2 is 2.62 bits per heavy atom. The van der Waals surface area contributed by atoms with Crippen LogP contribution < -0.4 is 11.0 Å². The Morgan fingerprint density at radius 1 is 1.75 bits per heavy atom. The number of nitrogens with one attached hydrogen (secondary N) is 1. The lowest BCUT2D eigenvalue weighted by molar-refractivity contribution is 0.292. The fourth-order valence-corrected chi connectivity index (χ4v) is 0.373. The van der Waals surface area contributed by atoms with Gasteiger partial charge in [0, 0.05) is 6.54 Å². The molecule has 0 unspecified atom stereocenters. The number of hydrogen-bond acceptors (Lipinski definition) is 3. The van der Waals surface area contributed by atoms with Crippen LogP contribution in [-0.2, 0) is 0 Å². The maximum atomic E-state index is 8.38. The fourth-order valence-electron chi connectivity index (χ4n) is 0.373. The van der Waals surface area contributed by atoms with Gasteiger partial charge in [-0.15, -0.1) is 0 Å². The molecule has 0 rings (SSSR count). The predicted molar refractivity (Wildman–Crippen MR) is 33.6 cm³/mol. The van der Waals surface area contributed by atoms with Crippen molar-refractivity contribution in [3.63, 3.8) is 0 Å². The average Bonchev–Trinajstić information content (AvgIpc) is 1.89. The molecule has 0 saturated heterocycles. The van der Waals surface area contributed by atoms with Gasteiger partial charge in [-0.05, 0) is 19.5 Å². The van der Waals surface area contributed by atoms with Crippen molar-refractivity contribution in [2.24, 2.45) is 5.73 Å². The van der Waals surface area contributed by atoms with E-state index >= 15 is 0 Å². The standard InChI is InChI=1S/C5H14N2O/c6-2-1-3-7-4-5-8/h7-8H,1-6H2/i/hD2. The minimum absolute atomic E-state index is 0.0256. The van der Waals surface area contributed by atoms with Crippen molar-refractivity contribution in [1.82, 2.24) is 5.31 Å². The van der Waals surface area contributed by atoms with Crippen molar-refractivity contribution in [3.8, 4) is 0 Å². The van der Waals surface area contributed by atoms with Crippen molar-refractivity contribution in [2.75, 3.05) is 26.2 Å². The lowest BCUT2D eigenvalue weighted by atomic mass is 10.4. The molecular formula is C5H14N2O. The third kappa shape index (κ3) is 5.88. The smallest absolute Gasteiger partial charge is 0.122 e. The molecule has 4 N–H and O–H groups in total. The zero-order chi connectivity index (χ0) is 7.82. The van der Waals surface area contributed by atoms with E-state index in [2.05, 4.69) is 5.73 Å². The maximum Gasteiger partial charge on any atom is 0.122 e. The van der Waals surface area contributed by atoms with Crippen molar-refractivity contribution >= 4 is 0 Å². The predicted octanol–water partition coefficient (Wildman–Crippen LogP) is -1.08. The molecule has 0 aliphatic heterocycles. The quantitative estimate of drug-likeness (QED) is 0.391. The summed E-state index contributed by atoms with van der Waals surface area (Å²) in [5, 5.41) is 9.67. The SMILES string of the molecule is [2H]NCCCN([2H])CCO. The lowest BCUT2D eigenvalue weighted by Crippen LogP contribution is -2.21. The molecular weight excluding hydrogens is 104 g/mol. The first-order valence-corrected chi connectivity index (χ1v) is 2.80. The minimum atomic E-state index is 0.0256. The van der Waals surface area contributed by atoms with E-state index in [0.29, 0.717) is 19.6 Å². The van der Waals surface area contributed by atoms with Gasteiger partial charge >= 0.3 is 0 Å². The topological polar surface area (TPSA) is 58.3 Å². The minimum Gasteiger partial charge on any atom is -0.395 e. The second kappa shape index (κ2) is 6.88. The Bertz CT molecular complexity index is 74.7. The number of rotatable bonds is 6. The number of aliphatic hydroxyl groups excluding tert-OH is 1. The zero-order valence-electron chi connectivity index (χ0n) is 6.93. The van der Waals surface area contributed by atoms with Gasteiger partial charge in [-0.25, -0.2) is 0 Å². The van der Waals surface area contributed by atoms with Crippen LogP contribution in [0.4, 0.5) is 0 Å². The van der Waals surface area contributed by atoms with Crippen LogP contribution in [0.2, 0.25) is 2.82 Å². The first-order valence-electron chi connectivity index (χ1n) is 3.75. The van der Waals surface area contributed by atoms with E-state index in [1.165, 1.54) is 5.31 Å². The van der Waals surface area contributed by atoms with Crippen molar-refractivity contribution < 1.29 is 7.93 Å². The molecule has 0 aliphatic rings. The number of nitrogens with two attached hydrogens (primary N) is 1. The molecule has 0 atom stereocenters. The molecule has 3 nitrogen and oxygen atoms in total. The molecule has 0 aromatic rings. The van der Waals surface area contributed by atoms with Crippen LogP contribution in [0, 0.1) is 0 Å². The summed E-state index contributed by atoms with van der Waals surface area (Å²) >= 11 is 0. The Labute approximate surface area is 52.8 Å². The summed E-state index contributed by atoms with van der Waals surface area (Å²) in [5.41, 5.74) is 2.24. The highest BCUT2D eigenvalue weighted by molar-refractivity contribution is 4.45. The molecule has 0 amide bonds. The third-order valence-corrected chi connectivity index (χ3v) is 0.751. The van der Waals surface area contributed by atoms with Crippen LogP contribution in [0.25, 0.3) is 0 Å². The van der Waals surface area contributed by atoms with Gasteiger partial charge in [0.25, 0.3) is 0 Å². The second-order valence-corrected chi connectivity index (χ2v) is 1.50. The lowest BCUT2D eigenvalue weighted by Gasteiger charge is -1.97. The van der Waals surface area contributed by atoms with Crippen molar-refractivity contribution in [2.45, 2.75) is 6.42 Å². The van der Waals surface area contributed by atoms with E-state index in [1.54, 1.807) is 0 Å². The summed E-state index contributed by atoms with van der Waals surface area (Å²) in [6, 6.07) is 0. The Balaban J connectivity index is 2.97. The van der Waals surface area contributed by atoms with Gasteiger partial charge in [0.15, 0.2) is 0 Å².